The van der Waals surface area contributed by atoms with Crippen LogP contribution in [0.15, 0.2) is 52.1 Å². The molecule has 0 amide bonds. The summed E-state index contributed by atoms with van der Waals surface area (Å²) in [7, 11) is -3.41. The van der Waals surface area contributed by atoms with Gasteiger partial charge in [0.05, 0.1) is 0 Å². The van der Waals surface area contributed by atoms with Crippen LogP contribution >= 0.6 is 11.3 Å². The second kappa shape index (κ2) is 5.65. The maximum Gasteiger partial charge on any atom is 0.250 e. The van der Waals surface area contributed by atoms with Gasteiger partial charge in [-0.25, -0.2) is 13.1 Å². The van der Waals surface area contributed by atoms with Gasteiger partial charge in [0.15, 0.2) is 0 Å². The quantitative estimate of drug-likeness (QED) is 0.915. The van der Waals surface area contributed by atoms with Crippen LogP contribution in [0.4, 0.5) is 0 Å². The van der Waals surface area contributed by atoms with Crippen LogP contribution in [-0.4, -0.2) is 8.42 Å². The summed E-state index contributed by atoms with van der Waals surface area (Å²) in [4.78, 5) is 0. The first kappa shape index (κ1) is 13.3. The molecule has 2 rings (SSSR count). The molecule has 1 aromatic heterocycles. The predicted octanol–water partition coefficient (Wildman–Crippen LogP) is 3.18. The molecule has 1 N–H and O–H groups in total. The molecule has 1 atom stereocenters. The Balaban J connectivity index is 2.22. The maximum atomic E-state index is 12.1. The van der Waals surface area contributed by atoms with Crippen molar-refractivity contribution >= 4 is 21.4 Å². The predicted molar refractivity (Wildman–Crippen MR) is 74.1 cm³/mol. The number of rotatable bonds is 5. The molecule has 18 heavy (non-hydrogen) atoms. The normalized spacial score (nSPS) is 13.4. The Bertz CT molecular complexity index is 577. The minimum atomic E-state index is -3.41. The van der Waals surface area contributed by atoms with Crippen molar-refractivity contribution < 1.29 is 8.42 Å². The third kappa shape index (κ3) is 2.98. The van der Waals surface area contributed by atoms with E-state index in [0.717, 1.165) is 5.56 Å². The maximum absolute atomic E-state index is 12.1. The summed E-state index contributed by atoms with van der Waals surface area (Å²) in [6.07, 6.45) is 0.717. The van der Waals surface area contributed by atoms with Crippen molar-refractivity contribution in [3.63, 3.8) is 0 Å². The summed E-state index contributed by atoms with van der Waals surface area (Å²) in [5.74, 6) is 0. The zero-order valence-corrected chi connectivity index (χ0v) is 11.7. The second-order valence-corrected chi connectivity index (χ2v) is 6.81. The van der Waals surface area contributed by atoms with Crippen LogP contribution in [0.5, 0.6) is 0 Å². The topological polar surface area (TPSA) is 46.2 Å². The molecule has 0 saturated heterocycles. The van der Waals surface area contributed by atoms with Crippen LogP contribution in [0.3, 0.4) is 0 Å². The van der Waals surface area contributed by atoms with E-state index in [4.69, 9.17) is 0 Å². The summed E-state index contributed by atoms with van der Waals surface area (Å²) in [6.45, 7) is 1.97. The van der Waals surface area contributed by atoms with Crippen LogP contribution in [0.2, 0.25) is 0 Å². The lowest BCUT2D eigenvalue weighted by Crippen LogP contribution is -2.27. The van der Waals surface area contributed by atoms with E-state index in [-0.39, 0.29) is 6.04 Å². The van der Waals surface area contributed by atoms with Gasteiger partial charge in [-0.3, -0.25) is 0 Å². The number of thiophene rings is 1. The minimum Gasteiger partial charge on any atom is -0.206 e. The van der Waals surface area contributed by atoms with E-state index >= 15 is 0 Å². The van der Waals surface area contributed by atoms with Crippen LogP contribution in [0, 0.1) is 0 Å². The average Bonchev–Trinajstić information content (AvgIpc) is 2.92. The summed E-state index contributed by atoms with van der Waals surface area (Å²) in [5.41, 5.74) is 0.986. The number of hydrogen-bond acceptors (Lipinski definition) is 3. The van der Waals surface area contributed by atoms with Crippen molar-refractivity contribution in [1.82, 2.24) is 4.72 Å². The number of benzene rings is 1. The highest BCUT2D eigenvalue weighted by Crippen LogP contribution is 2.22. The van der Waals surface area contributed by atoms with E-state index in [9.17, 15) is 8.42 Å². The molecule has 0 aliphatic heterocycles. The Labute approximate surface area is 112 Å². The molecule has 1 aromatic carbocycles. The lowest BCUT2D eigenvalue weighted by Gasteiger charge is -2.16. The van der Waals surface area contributed by atoms with E-state index in [1.807, 2.05) is 37.3 Å². The molecule has 5 heteroatoms. The molecule has 0 bridgehead atoms. The molecule has 2 aromatic rings. The third-order valence-electron chi connectivity index (χ3n) is 2.67. The zero-order valence-electron chi connectivity index (χ0n) is 10.0. The first-order valence-electron chi connectivity index (χ1n) is 5.74. The fraction of sp³-hybridized carbons (Fsp3) is 0.231. The highest BCUT2D eigenvalue weighted by Gasteiger charge is 2.20. The van der Waals surface area contributed by atoms with Gasteiger partial charge >= 0.3 is 0 Å². The third-order valence-corrected chi connectivity index (χ3v) is 5.54. The molecule has 0 aliphatic rings. The smallest absolute Gasteiger partial charge is 0.206 e. The average molecular weight is 281 g/mol. The minimum absolute atomic E-state index is 0.182. The molecular weight excluding hydrogens is 266 g/mol. The van der Waals surface area contributed by atoms with Crippen molar-refractivity contribution in [2.75, 3.05) is 0 Å². The molecule has 0 aliphatic carbocycles. The van der Waals surface area contributed by atoms with Crippen molar-refractivity contribution in [3.8, 4) is 0 Å². The van der Waals surface area contributed by atoms with E-state index in [2.05, 4.69) is 4.72 Å². The highest BCUT2D eigenvalue weighted by molar-refractivity contribution is 7.91. The van der Waals surface area contributed by atoms with Gasteiger partial charge in [-0.2, -0.15) is 0 Å². The molecule has 3 nitrogen and oxygen atoms in total. The number of nitrogens with one attached hydrogen (secondary N) is 1. The number of sulfonamides is 1. The monoisotopic (exact) mass is 281 g/mol. The van der Waals surface area contributed by atoms with Crippen LogP contribution in [0.25, 0.3) is 0 Å². The Morgan fingerprint density at radius 2 is 1.89 bits per heavy atom. The highest BCUT2D eigenvalue weighted by atomic mass is 32.2. The van der Waals surface area contributed by atoms with Gasteiger partial charge in [0.25, 0.3) is 10.0 Å². The fourth-order valence-corrected chi connectivity index (χ4v) is 4.05. The van der Waals surface area contributed by atoms with E-state index in [1.54, 1.807) is 17.5 Å². The Morgan fingerprint density at radius 3 is 2.44 bits per heavy atom. The van der Waals surface area contributed by atoms with Crippen molar-refractivity contribution in [1.29, 1.82) is 0 Å². The largest absolute Gasteiger partial charge is 0.250 e. The second-order valence-electron chi connectivity index (χ2n) is 3.92. The summed E-state index contributed by atoms with van der Waals surface area (Å²) >= 11 is 1.23. The van der Waals surface area contributed by atoms with E-state index in [1.165, 1.54) is 11.3 Å². The van der Waals surface area contributed by atoms with Gasteiger partial charge in [-0.1, -0.05) is 43.3 Å². The molecule has 96 valence electrons. The van der Waals surface area contributed by atoms with Crippen LogP contribution in [0.1, 0.15) is 24.9 Å². The fourth-order valence-electron chi connectivity index (χ4n) is 1.73. The van der Waals surface area contributed by atoms with Gasteiger partial charge in [-0.15, -0.1) is 11.3 Å². The standard InChI is InChI=1S/C13H15NO2S2/c1-2-12(11-7-4-3-5-8-11)14-18(15,16)13-9-6-10-17-13/h3-10,12,14H,2H2,1H3. The Kier molecular flexibility index (Phi) is 4.16. The lowest BCUT2D eigenvalue weighted by molar-refractivity contribution is 0.552. The summed E-state index contributed by atoms with van der Waals surface area (Å²) in [6, 6.07) is 12.8. The molecule has 0 spiro atoms. The van der Waals surface area contributed by atoms with Gasteiger partial charge in [-0.05, 0) is 23.4 Å². The SMILES string of the molecule is CCC(NS(=O)(=O)c1cccs1)c1ccccc1. The first-order chi connectivity index (χ1) is 8.63. The van der Waals surface area contributed by atoms with Gasteiger partial charge in [0.1, 0.15) is 4.21 Å². The molecule has 1 heterocycles. The van der Waals surface area contributed by atoms with Crippen molar-refractivity contribution in [2.45, 2.75) is 23.6 Å². The lowest BCUT2D eigenvalue weighted by atomic mass is 10.1. The number of hydrogen-bond donors (Lipinski definition) is 1. The zero-order chi connectivity index (χ0) is 13.0. The first-order valence-corrected chi connectivity index (χ1v) is 8.10. The van der Waals surface area contributed by atoms with E-state index < -0.39 is 10.0 Å². The Hall–Kier alpha value is -1.17. The van der Waals surface area contributed by atoms with E-state index in [0.29, 0.717) is 10.6 Å². The molecule has 0 radical (unpaired) electrons. The molecule has 1 unspecified atom stereocenters. The molecule has 0 saturated carbocycles. The van der Waals surface area contributed by atoms with Crippen molar-refractivity contribution in [2.24, 2.45) is 0 Å². The van der Waals surface area contributed by atoms with Crippen LogP contribution < -0.4 is 4.72 Å². The van der Waals surface area contributed by atoms with Gasteiger partial charge in [0, 0.05) is 6.04 Å². The van der Waals surface area contributed by atoms with Crippen molar-refractivity contribution in [3.05, 3.63) is 53.4 Å². The Morgan fingerprint density at radius 1 is 1.17 bits per heavy atom. The molecule has 0 fully saturated rings. The van der Waals surface area contributed by atoms with Crippen LogP contribution in [-0.2, 0) is 10.0 Å². The van der Waals surface area contributed by atoms with Gasteiger partial charge in [0.2, 0.25) is 0 Å². The molecular formula is C13H15NO2S2. The summed E-state index contributed by atoms with van der Waals surface area (Å²) in [5, 5.41) is 1.76. The van der Waals surface area contributed by atoms with Gasteiger partial charge < -0.3 is 0 Å². The summed E-state index contributed by atoms with van der Waals surface area (Å²) < 4.78 is 27.4.